The lowest BCUT2D eigenvalue weighted by atomic mass is 9.80. The maximum absolute atomic E-state index is 6.79. The molecular weight excluding hydrogens is 416 g/mol. The number of hydrogen-bond acceptors (Lipinski definition) is 5. The molecule has 0 saturated carbocycles. The van der Waals surface area contributed by atoms with Gasteiger partial charge in [0, 0.05) is 7.11 Å². The van der Waals surface area contributed by atoms with Crippen LogP contribution in [-0.2, 0) is 24.5 Å². The van der Waals surface area contributed by atoms with E-state index < -0.39 is 5.60 Å². The number of methoxy groups -OCH3 is 2. The van der Waals surface area contributed by atoms with Gasteiger partial charge in [-0.15, -0.1) is 0 Å². The van der Waals surface area contributed by atoms with Gasteiger partial charge in [0.2, 0.25) is 0 Å². The van der Waals surface area contributed by atoms with E-state index in [2.05, 4.69) is 36.4 Å². The Kier molecular flexibility index (Phi) is 9.91. The third-order valence-electron chi connectivity index (χ3n) is 5.45. The molecule has 0 heterocycles. The van der Waals surface area contributed by atoms with Crippen molar-refractivity contribution in [2.75, 3.05) is 47.3 Å². The van der Waals surface area contributed by atoms with Crippen molar-refractivity contribution in [1.29, 1.82) is 0 Å². The summed E-state index contributed by atoms with van der Waals surface area (Å²) < 4.78 is 28.6. The topological polar surface area (TPSA) is 46.2 Å². The molecule has 3 aromatic carbocycles. The Labute approximate surface area is 197 Å². The summed E-state index contributed by atoms with van der Waals surface area (Å²) in [5, 5.41) is 0. The molecule has 5 nitrogen and oxygen atoms in total. The minimum Gasteiger partial charge on any atom is -0.497 e. The minimum atomic E-state index is -0.790. The summed E-state index contributed by atoms with van der Waals surface area (Å²) in [5.74, 6) is 0.805. The van der Waals surface area contributed by atoms with Gasteiger partial charge in [-0.3, -0.25) is 0 Å². The lowest BCUT2D eigenvalue weighted by molar-refractivity contribution is -0.0698. The van der Waals surface area contributed by atoms with Gasteiger partial charge in [0.1, 0.15) is 11.4 Å². The average Bonchev–Trinajstić information content (AvgIpc) is 2.88. The number of rotatable bonds is 14. The van der Waals surface area contributed by atoms with Crippen LogP contribution in [0.3, 0.4) is 0 Å². The smallest absolute Gasteiger partial charge is 0.143 e. The molecule has 0 bridgehead atoms. The van der Waals surface area contributed by atoms with Gasteiger partial charge < -0.3 is 23.7 Å². The van der Waals surface area contributed by atoms with Crippen LogP contribution in [0.1, 0.15) is 23.6 Å². The summed E-state index contributed by atoms with van der Waals surface area (Å²) in [4.78, 5) is 0. The monoisotopic (exact) mass is 450 g/mol. The first-order valence-corrected chi connectivity index (χ1v) is 11.3. The SMILES string of the molecule is COCCOCCO[C@H](C)COC(c1ccccc1)(c1ccccc1)c1ccc(OC)cc1. The van der Waals surface area contributed by atoms with Gasteiger partial charge in [-0.05, 0) is 35.7 Å². The molecule has 0 fully saturated rings. The largest absolute Gasteiger partial charge is 0.497 e. The van der Waals surface area contributed by atoms with Crippen LogP contribution in [0.4, 0.5) is 0 Å². The highest BCUT2D eigenvalue weighted by molar-refractivity contribution is 5.48. The Morgan fingerprint density at radius 2 is 1.21 bits per heavy atom. The molecule has 0 aliphatic heterocycles. The normalized spacial score (nSPS) is 12.5. The summed E-state index contributed by atoms with van der Waals surface area (Å²) in [6.45, 7) is 4.59. The molecule has 5 heteroatoms. The molecule has 0 spiro atoms. The van der Waals surface area contributed by atoms with Crippen LogP contribution < -0.4 is 4.74 Å². The molecule has 176 valence electrons. The van der Waals surface area contributed by atoms with E-state index in [4.69, 9.17) is 23.7 Å². The molecular formula is C28H34O5. The van der Waals surface area contributed by atoms with Crippen LogP contribution in [0.5, 0.6) is 5.75 Å². The molecule has 0 aliphatic carbocycles. The molecule has 0 radical (unpaired) electrons. The Bertz CT molecular complexity index is 873. The highest BCUT2D eigenvalue weighted by Crippen LogP contribution is 2.41. The van der Waals surface area contributed by atoms with E-state index in [1.165, 1.54) is 0 Å². The second-order valence-electron chi connectivity index (χ2n) is 7.74. The van der Waals surface area contributed by atoms with E-state index in [1.807, 2.05) is 55.5 Å². The fourth-order valence-electron chi connectivity index (χ4n) is 3.76. The lowest BCUT2D eigenvalue weighted by Crippen LogP contribution is -2.36. The number of hydrogen-bond donors (Lipinski definition) is 0. The molecule has 0 unspecified atom stereocenters. The molecule has 0 aliphatic rings. The van der Waals surface area contributed by atoms with Crippen molar-refractivity contribution in [2.45, 2.75) is 18.6 Å². The first-order chi connectivity index (χ1) is 16.2. The Morgan fingerprint density at radius 3 is 1.76 bits per heavy atom. The average molecular weight is 451 g/mol. The predicted octanol–water partition coefficient (Wildman–Crippen LogP) is 5.07. The van der Waals surface area contributed by atoms with E-state index >= 15 is 0 Å². The maximum atomic E-state index is 6.79. The zero-order valence-corrected chi connectivity index (χ0v) is 19.7. The van der Waals surface area contributed by atoms with Crippen molar-refractivity contribution in [3.05, 3.63) is 102 Å². The van der Waals surface area contributed by atoms with Crippen LogP contribution in [0, 0.1) is 0 Å². The van der Waals surface area contributed by atoms with Crippen LogP contribution >= 0.6 is 0 Å². The highest BCUT2D eigenvalue weighted by atomic mass is 16.6. The van der Waals surface area contributed by atoms with Crippen molar-refractivity contribution in [3.8, 4) is 5.75 Å². The van der Waals surface area contributed by atoms with Crippen molar-refractivity contribution in [1.82, 2.24) is 0 Å². The summed E-state index contributed by atoms with van der Waals surface area (Å²) in [6, 6.07) is 28.7. The van der Waals surface area contributed by atoms with E-state index in [-0.39, 0.29) is 6.10 Å². The quantitative estimate of drug-likeness (QED) is 0.253. The number of ether oxygens (including phenoxy) is 5. The molecule has 3 rings (SSSR count). The summed E-state index contributed by atoms with van der Waals surface area (Å²) in [6.07, 6.45) is -0.110. The maximum Gasteiger partial charge on any atom is 0.143 e. The highest BCUT2D eigenvalue weighted by Gasteiger charge is 2.38. The van der Waals surface area contributed by atoms with Gasteiger partial charge >= 0.3 is 0 Å². The predicted molar refractivity (Wildman–Crippen MR) is 130 cm³/mol. The minimum absolute atomic E-state index is 0.110. The molecule has 0 saturated heterocycles. The van der Waals surface area contributed by atoms with E-state index in [1.54, 1.807) is 14.2 Å². The zero-order valence-electron chi connectivity index (χ0n) is 19.7. The Balaban J connectivity index is 1.86. The van der Waals surface area contributed by atoms with Crippen molar-refractivity contribution in [3.63, 3.8) is 0 Å². The van der Waals surface area contributed by atoms with Gasteiger partial charge in [-0.2, -0.15) is 0 Å². The fourth-order valence-corrected chi connectivity index (χ4v) is 3.76. The molecule has 3 aromatic rings. The molecule has 0 amide bonds. The fraction of sp³-hybridized carbons (Fsp3) is 0.357. The third kappa shape index (κ3) is 6.65. The Hall–Kier alpha value is -2.70. The van der Waals surface area contributed by atoms with Crippen LogP contribution in [0.25, 0.3) is 0 Å². The van der Waals surface area contributed by atoms with Gasteiger partial charge in [-0.1, -0.05) is 72.8 Å². The first-order valence-electron chi connectivity index (χ1n) is 11.3. The molecule has 0 aromatic heterocycles. The molecule has 1 atom stereocenters. The van der Waals surface area contributed by atoms with Gasteiger partial charge in [-0.25, -0.2) is 0 Å². The van der Waals surface area contributed by atoms with Crippen molar-refractivity contribution >= 4 is 0 Å². The second-order valence-corrected chi connectivity index (χ2v) is 7.74. The molecule has 0 N–H and O–H groups in total. The summed E-state index contributed by atoms with van der Waals surface area (Å²) >= 11 is 0. The van der Waals surface area contributed by atoms with Gasteiger partial charge in [0.05, 0.1) is 46.2 Å². The van der Waals surface area contributed by atoms with Gasteiger partial charge in [0.25, 0.3) is 0 Å². The van der Waals surface area contributed by atoms with E-state index in [0.717, 1.165) is 22.4 Å². The van der Waals surface area contributed by atoms with Crippen molar-refractivity contribution in [2.24, 2.45) is 0 Å². The first kappa shape index (κ1) is 24.9. The van der Waals surface area contributed by atoms with Crippen molar-refractivity contribution < 1.29 is 23.7 Å². The standard InChI is InChI=1S/C28H34O5/c1-23(32-21-20-31-19-18-29-2)22-33-28(24-10-6-4-7-11-24,25-12-8-5-9-13-25)26-14-16-27(30-3)17-15-26/h4-17,23H,18-22H2,1-3H3/t23-/m1/s1. The Morgan fingerprint density at radius 1 is 0.667 bits per heavy atom. The molecule has 33 heavy (non-hydrogen) atoms. The zero-order chi connectivity index (χ0) is 23.4. The van der Waals surface area contributed by atoms with Crippen LogP contribution in [0.15, 0.2) is 84.9 Å². The summed E-state index contributed by atoms with van der Waals surface area (Å²) in [7, 11) is 3.33. The lowest BCUT2D eigenvalue weighted by Gasteiger charge is -2.36. The number of benzene rings is 3. The van der Waals surface area contributed by atoms with Crippen LogP contribution in [0.2, 0.25) is 0 Å². The third-order valence-corrected chi connectivity index (χ3v) is 5.45. The van der Waals surface area contributed by atoms with Gasteiger partial charge in [0.15, 0.2) is 0 Å². The van der Waals surface area contributed by atoms with E-state index in [0.29, 0.717) is 33.0 Å². The second kappa shape index (κ2) is 13.1. The van der Waals surface area contributed by atoms with E-state index in [9.17, 15) is 0 Å². The summed E-state index contributed by atoms with van der Waals surface area (Å²) in [5.41, 5.74) is 2.34. The van der Waals surface area contributed by atoms with Crippen LogP contribution in [-0.4, -0.2) is 53.4 Å².